The molecule has 2 N–H and O–H groups in total. The van der Waals surface area contributed by atoms with Crippen molar-refractivity contribution in [2.75, 3.05) is 11.9 Å². The molecular formula is C24H26F3N5O. The maximum Gasteiger partial charge on any atom is 0.417 e. The number of alkyl halides is 3. The lowest BCUT2D eigenvalue weighted by Crippen LogP contribution is -2.37. The molecule has 0 saturated heterocycles. The number of hydrogen-bond acceptors (Lipinski definition) is 6. The van der Waals surface area contributed by atoms with E-state index in [4.69, 9.17) is 5.26 Å². The fourth-order valence-corrected chi connectivity index (χ4v) is 4.36. The minimum absolute atomic E-state index is 0.194. The molecule has 1 aliphatic carbocycles. The first-order chi connectivity index (χ1) is 15.5. The molecular weight excluding hydrogens is 431 g/mol. The number of rotatable bonds is 6. The summed E-state index contributed by atoms with van der Waals surface area (Å²) in [5.41, 5.74) is -0.0835. The quantitative estimate of drug-likeness (QED) is 0.656. The van der Waals surface area contributed by atoms with Gasteiger partial charge in [0.2, 0.25) is 5.95 Å². The number of anilines is 1. The molecule has 0 aliphatic heterocycles. The molecule has 2 atom stereocenters. The van der Waals surface area contributed by atoms with Gasteiger partial charge >= 0.3 is 6.18 Å². The van der Waals surface area contributed by atoms with Gasteiger partial charge in [0.15, 0.2) is 0 Å². The highest BCUT2D eigenvalue weighted by atomic mass is 19.4. The van der Waals surface area contributed by atoms with E-state index in [0.29, 0.717) is 35.6 Å². The van der Waals surface area contributed by atoms with Crippen molar-refractivity contribution in [1.82, 2.24) is 9.97 Å². The van der Waals surface area contributed by atoms with E-state index in [0.717, 1.165) is 18.9 Å². The van der Waals surface area contributed by atoms with Crippen molar-refractivity contribution in [3.05, 3.63) is 52.3 Å². The van der Waals surface area contributed by atoms with Crippen LogP contribution in [0.4, 0.5) is 19.1 Å². The van der Waals surface area contributed by atoms with Gasteiger partial charge in [-0.2, -0.15) is 23.7 Å². The topological polar surface area (TPSA) is 106 Å². The van der Waals surface area contributed by atoms with Gasteiger partial charge in [0, 0.05) is 6.54 Å². The average Bonchev–Trinajstić information content (AvgIpc) is 2.75. The van der Waals surface area contributed by atoms with Crippen molar-refractivity contribution in [2.24, 2.45) is 11.3 Å². The van der Waals surface area contributed by atoms with E-state index in [2.05, 4.69) is 21.4 Å². The maximum atomic E-state index is 13.2. The Morgan fingerprint density at radius 3 is 2.55 bits per heavy atom. The second kappa shape index (κ2) is 9.76. The van der Waals surface area contributed by atoms with E-state index in [-0.39, 0.29) is 30.4 Å². The smallest absolute Gasteiger partial charge is 0.393 e. The van der Waals surface area contributed by atoms with Gasteiger partial charge in [-0.3, -0.25) is 0 Å². The summed E-state index contributed by atoms with van der Waals surface area (Å²) in [5, 5.41) is 31.5. The molecule has 0 amide bonds. The fraction of sp³-hybridized carbons (Fsp3) is 0.500. The summed E-state index contributed by atoms with van der Waals surface area (Å²) in [6, 6.07) is 7.36. The van der Waals surface area contributed by atoms with Crippen LogP contribution in [-0.2, 0) is 19.0 Å². The second-order valence-electron chi connectivity index (χ2n) is 9.19. The van der Waals surface area contributed by atoms with Gasteiger partial charge in [-0.25, -0.2) is 9.97 Å². The van der Waals surface area contributed by atoms with Crippen LogP contribution in [0.5, 0.6) is 0 Å². The van der Waals surface area contributed by atoms with Crippen LogP contribution in [0, 0.1) is 34.0 Å². The third-order valence-corrected chi connectivity index (χ3v) is 6.24. The molecule has 3 rings (SSSR count). The standard InChI is InChI=1S/C24H26F3N5O/c1-23(2)11-16(4-6-21(23)33)10-20-18(13-29)14-31-22(32-20)30-8-7-15-3-5-17(12-28)19(9-15)24(25,26)27/h3,5,9,14,16,21,33H,4,6-8,10-11H2,1-2H3,(H,30,31,32)/t16-,21-/m0/s1. The van der Waals surface area contributed by atoms with Gasteiger partial charge in [0.1, 0.15) is 6.07 Å². The molecule has 0 radical (unpaired) electrons. The van der Waals surface area contributed by atoms with E-state index < -0.39 is 17.3 Å². The highest BCUT2D eigenvalue weighted by Gasteiger charge is 2.36. The first-order valence-corrected chi connectivity index (χ1v) is 10.8. The Morgan fingerprint density at radius 1 is 1.18 bits per heavy atom. The number of benzene rings is 1. The maximum absolute atomic E-state index is 13.2. The number of nitriles is 2. The van der Waals surface area contributed by atoms with Gasteiger partial charge in [-0.1, -0.05) is 19.9 Å². The van der Waals surface area contributed by atoms with Crippen molar-refractivity contribution < 1.29 is 18.3 Å². The molecule has 0 spiro atoms. The van der Waals surface area contributed by atoms with Crippen molar-refractivity contribution in [3.8, 4) is 12.1 Å². The molecule has 1 aromatic heterocycles. The first-order valence-electron chi connectivity index (χ1n) is 10.8. The van der Waals surface area contributed by atoms with Crippen LogP contribution < -0.4 is 5.32 Å². The van der Waals surface area contributed by atoms with Crippen LogP contribution in [0.25, 0.3) is 0 Å². The Morgan fingerprint density at radius 2 is 1.91 bits per heavy atom. The number of nitrogens with zero attached hydrogens (tertiary/aromatic N) is 4. The molecule has 9 heteroatoms. The molecule has 1 aromatic carbocycles. The van der Waals surface area contributed by atoms with Crippen molar-refractivity contribution in [3.63, 3.8) is 0 Å². The lowest BCUT2D eigenvalue weighted by molar-refractivity contribution is -0.137. The minimum Gasteiger partial charge on any atom is -0.393 e. The highest BCUT2D eigenvalue weighted by molar-refractivity contribution is 5.42. The summed E-state index contributed by atoms with van der Waals surface area (Å²) >= 11 is 0. The van der Waals surface area contributed by atoms with Crippen LogP contribution >= 0.6 is 0 Å². The van der Waals surface area contributed by atoms with Crippen LogP contribution in [-0.4, -0.2) is 27.7 Å². The predicted molar refractivity (Wildman–Crippen MR) is 116 cm³/mol. The Labute approximate surface area is 191 Å². The molecule has 6 nitrogen and oxygen atoms in total. The summed E-state index contributed by atoms with van der Waals surface area (Å²) in [6.07, 6.45) is -0.218. The first kappa shape index (κ1) is 24.5. The van der Waals surface area contributed by atoms with Gasteiger partial charge < -0.3 is 10.4 Å². The van der Waals surface area contributed by atoms with Gasteiger partial charge in [-0.05, 0) is 61.1 Å². The Bertz CT molecular complexity index is 1080. The van der Waals surface area contributed by atoms with Crippen molar-refractivity contribution >= 4 is 5.95 Å². The van der Waals surface area contributed by atoms with E-state index in [9.17, 15) is 23.5 Å². The molecule has 174 valence electrons. The number of halogens is 3. The molecule has 1 heterocycles. The fourth-order valence-electron chi connectivity index (χ4n) is 4.36. The number of nitrogens with one attached hydrogen (secondary N) is 1. The van der Waals surface area contributed by atoms with Crippen LogP contribution in [0.1, 0.15) is 61.1 Å². The lowest BCUT2D eigenvalue weighted by Gasteiger charge is -2.39. The Hall–Kier alpha value is -3.17. The van der Waals surface area contributed by atoms with Crippen LogP contribution in [0.3, 0.4) is 0 Å². The summed E-state index contributed by atoms with van der Waals surface area (Å²) in [7, 11) is 0. The van der Waals surface area contributed by atoms with Crippen LogP contribution in [0.2, 0.25) is 0 Å². The van der Waals surface area contributed by atoms with Crippen molar-refractivity contribution in [1.29, 1.82) is 10.5 Å². The largest absolute Gasteiger partial charge is 0.417 e. The number of aliphatic hydroxyl groups excluding tert-OH is 1. The zero-order valence-electron chi connectivity index (χ0n) is 18.6. The van der Waals surface area contributed by atoms with Gasteiger partial charge in [0.05, 0.1) is 40.8 Å². The zero-order valence-corrected chi connectivity index (χ0v) is 18.6. The van der Waals surface area contributed by atoms with Crippen LogP contribution in [0.15, 0.2) is 24.4 Å². The monoisotopic (exact) mass is 457 g/mol. The second-order valence-corrected chi connectivity index (χ2v) is 9.19. The van der Waals surface area contributed by atoms with E-state index >= 15 is 0 Å². The minimum atomic E-state index is -4.59. The number of aliphatic hydroxyl groups is 1. The SMILES string of the molecule is CC1(C)C[C@H](Cc2nc(NCCc3ccc(C#N)c(C(F)(F)F)c3)ncc2C#N)CC[C@@H]1O. The Kier molecular flexibility index (Phi) is 7.24. The molecule has 1 aliphatic rings. The normalized spacial score (nSPS) is 20.0. The van der Waals surface area contributed by atoms with E-state index in [1.54, 1.807) is 6.07 Å². The third kappa shape index (κ3) is 6.00. The number of aromatic nitrogens is 2. The van der Waals surface area contributed by atoms with Gasteiger partial charge in [-0.15, -0.1) is 0 Å². The lowest BCUT2D eigenvalue weighted by atomic mass is 9.69. The molecule has 2 aromatic rings. The van der Waals surface area contributed by atoms with E-state index in [1.165, 1.54) is 18.3 Å². The summed E-state index contributed by atoms with van der Waals surface area (Å²) in [5.74, 6) is 0.599. The molecule has 33 heavy (non-hydrogen) atoms. The van der Waals surface area contributed by atoms with Gasteiger partial charge in [0.25, 0.3) is 0 Å². The third-order valence-electron chi connectivity index (χ3n) is 6.24. The average molecular weight is 458 g/mol. The van der Waals surface area contributed by atoms with Crippen molar-refractivity contribution in [2.45, 2.75) is 58.2 Å². The summed E-state index contributed by atoms with van der Waals surface area (Å²) < 4.78 is 39.5. The Balaban J connectivity index is 1.67. The highest BCUT2D eigenvalue weighted by Crippen LogP contribution is 2.40. The molecule has 0 unspecified atom stereocenters. The molecule has 1 saturated carbocycles. The zero-order chi connectivity index (χ0) is 24.2. The predicted octanol–water partition coefficient (Wildman–Crippen LogP) is 4.62. The summed E-state index contributed by atoms with van der Waals surface area (Å²) in [4.78, 5) is 8.64. The van der Waals surface area contributed by atoms with E-state index in [1.807, 2.05) is 13.8 Å². The summed E-state index contributed by atoms with van der Waals surface area (Å²) in [6.45, 7) is 4.36. The number of hydrogen-bond donors (Lipinski definition) is 2. The molecule has 0 bridgehead atoms. The molecule has 1 fully saturated rings.